The predicted octanol–water partition coefficient (Wildman–Crippen LogP) is 0.992. The van der Waals surface area contributed by atoms with Gasteiger partial charge in [-0.3, -0.25) is 0 Å². The van der Waals surface area contributed by atoms with Crippen molar-refractivity contribution in [3.8, 4) is 22.5 Å². The van der Waals surface area contributed by atoms with Crippen molar-refractivity contribution in [2.24, 2.45) is 0 Å². The number of aromatic nitrogens is 6. The molecule has 10 heteroatoms. The molecule has 0 bridgehead atoms. The molecule has 4 rings (SSSR count). The van der Waals surface area contributed by atoms with Crippen molar-refractivity contribution in [3.05, 3.63) is 70.8 Å². The van der Waals surface area contributed by atoms with Crippen LogP contribution in [-0.2, 0) is 19.6 Å². The maximum atomic E-state index is 9.77. The number of benzene rings is 2. The van der Waals surface area contributed by atoms with Gasteiger partial charge in [0, 0.05) is 25.6 Å². The molecular formula is C23H28ClKN6O2. The van der Waals surface area contributed by atoms with Crippen LogP contribution in [0.3, 0.4) is 0 Å². The number of aromatic amines is 1. The summed E-state index contributed by atoms with van der Waals surface area (Å²) in [5.74, 6) is 1.48. The summed E-state index contributed by atoms with van der Waals surface area (Å²) in [7, 11) is 1.00. The van der Waals surface area contributed by atoms with Crippen LogP contribution >= 0.6 is 11.6 Å². The van der Waals surface area contributed by atoms with Gasteiger partial charge in [0.05, 0.1) is 12.3 Å². The van der Waals surface area contributed by atoms with E-state index in [-0.39, 0.29) is 59.4 Å². The van der Waals surface area contributed by atoms with Gasteiger partial charge in [-0.2, -0.15) is 5.21 Å². The number of imidazole rings is 1. The molecular weight excluding hydrogens is 467 g/mol. The minimum Gasteiger partial charge on any atom is -1.00 e. The number of H-pyrrole nitrogens is 1. The Balaban J connectivity index is 0.00000141. The number of tetrazole rings is 1. The maximum absolute atomic E-state index is 9.77. The summed E-state index contributed by atoms with van der Waals surface area (Å²) in [5.41, 5.74) is 4.80. The molecule has 33 heavy (non-hydrogen) atoms. The summed E-state index contributed by atoms with van der Waals surface area (Å²) in [6.45, 7) is 2.63. The largest absolute Gasteiger partial charge is 1.00 e. The van der Waals surface area contributed by atoms with Gasteiger partial charge in [-0.25, -0.2) is 4.98 Å². The zero-order valence-corrected chi connectivity index (χ0v) is 23.0. The second kappa shape index (κ2) is 14.1. The van der Waals surface area contributed by atoms with E-state index in [2.05, 4.69) is 56.8 Å². The van der Waals surface area contributed by atoms with E-state index in [4.69, 9.17) is 16.7 Å². The number of aliphatic hydroxyl groups excluding tert-OH is 2. The first-order valence-corrected chi connectivity index (χ1v) is 10.8. The minimum atomic E-state index is -0.131. The van der Waals surface area contributed by atoms with Crippen LogP contribution in [0.1, 0.15) is 38.3 Å². The van der Waals surface area contributed by atoms with Crippen molar-refractivity contribution >= 4 is 11.6 Å². The monoisotopic (exact) mass is 494 g/mol. The average molecular weight is 495 g/mol. The minimum absolute atomic E-state index is 0. The summed E-state index contributed by atoms with van der Waals surface area (Å²) in [5, 5.41) is 31.5. The van der Waals surface area contributed by atoms with Crippen molar-refractivity contribution in [1.29, 1.82) is 0 Å². The third-order valence-corrected chi connectivity index (χ3v) is 5.43. The molecule has 0 atom stereocenters. The van der Waals surface area contributed by atoms with E-state index in [1.54, 1.807) is 0 Å². The van der Waals surface area contributed by atoms with Gasteiger partial charge in [-0.1, -0.05) is 73.5 Å². The first-order chi connectivity index (χ1) is 15.7. The number of aliphatic hydroxyl groups is 2. The maximum Gasteiger partial charge on any atom is 1.00 e. The number of rotatable bonds is 8. The number of nitrogens with zero attached hydrogens (tertiary/aromatic N) is 5. The Labute approximate surface area is 242 Å². The Morgan fingerprint density at radius 1 is 1.06 bits per heavy atom. The molecule has 0 aliphatic rings. The fraction of sp³-hybridized carbons (Fsp3) is 0.304. The fourth-order valence-electron chi connectivity index (χ4n) is 3.55. The van der Waals surface area contributed by atoms with Crippen molar-refractivity contribution in [2.45, 2.75) is 39.3 Å². The normalized spacial score (nSPS) is 10.3. The zero-order valence-electron chi connectivity index (χ0n) is 20.2. The van der Waals surface area contributed by atoms with Gasteiger partial charge >= 0.3 is 51.4 Å². The first kappa shape index (κ1) is 27.8. The molecule has 2 heterocycles. The molecule has 0 spiro atoms. The fourth-order valence-corrected chi connectivity index (χ4v) is 3.81. The average Bonchev–Trinajstić information content (AvgIpc) is 3.48. The van der Waals surface area contributed by atoms with Gasteiger partial charge < -0.3 is 16.2 Å². The molecule has 8 nitrogen and oxygen atoms in total. The molecule has 170 valence electrons. The van der Waals surface area contributed by atoms with Crippen LogP contribution in [0.25, 0.3) is 22.5 Å². The standard InChI is InChI=1S/C22H23ClN6O.CH4O.K.H/c1-2-3-8-20-24-21(23)19(14-30)29(20)13-15-9-11-16(12-10-15)17-6-4-5-7-18(17)22-25-27-28-26-22;1-2;;/h4-7,9-12,30H,2-3,8,13-14H2,1H3,(H,25,26,27,28);2H,1H3;;/q;;+1;-1. The number of unbranched alkanes of at least 4 members (excludes halogenated alkanes) is 1. The number of nitrogens with one attached hydrogen (secondary N) is 1. The van der Waals surface area contributed by atoms with Gasteiger partial charge in [0.25, 0.3) is 0 Å². The molecule has 0 radical (unpaired) electrons. The molecule has 0 saturated carbocycles. The van der Waals surface area contributed by atoms with E-state index in [0.29, 0.717) is 23.2 Å². The smallest absolute Gasteiger partial charge is 1.00 e. The molecule has 4 aromatic rings. The Hall–Kier alpha value is -1.43. The van der Waals surface area contributed by atoms with Crippen molar-refractivity contribution < 1.29 is 63.0 Å². The molecule has 2 aromatic carbocycles. The number of halogens is 1. The van der Waals surface area contributed by atoms with Crippen LogP contribution < -0.4 is 51.4 Å². The zero-order chi connectivity index (χ0) is 22.9. The molecule has 3 N–H and O–H groups in total. The molecule has 2 aromatic heterocycles. The first-order valence-electron chi connectivity index (χ1n) is 10.4. The Morgan fingerprint density at radius 2 is 1.76 bits per heavy atom. The second-order valence-corrected chi connectivity index (χ2v) is 7.45. The van der Waals surface area contributed by atoms with Crippen LogP contribution in [0.4, 0.5) is 0 Å². The van der Waals surface area contributed by atoms with E-state index < -0.39 is 0 Å². The molecule has 0 unspecified atom stereocenters. The molecule has 0 fully saturated rings. The summed E-state index contributed by atoms with van der Waals surface area (Å²) in [4.78, 5) is 4.47. The quantitative estimate of drug-likeness (QED) is 0.315. The van der Waals surface area contributed by atoms with Gasteiger partial charge in [-0.15, -0.1) is 10.2 Å². The molecule has 0 saturated heterocycles. The Bertz CT molecular complexity index is 1120. The third kappa shape index (κ3) is 6.80. The predicted molar refractivity (Wildman–Crippen MR) is 125 cm³/mol. The van der Waals surface area contributed by atoms with Gasteiger partial charge in [0.1, 0.15) is 5.82 Å². The second-order valence-electron chi connectivity index (χ2n) is 7.09. The summed E-state index contributed by atoms with van der Waals surface area (Å²) in [6.07, 6.45) is 2.95. The number of hydrogen-bond donors (Lipinski definition) is 3. The van der Waals surface area contributed by atoms with Crippen LogP contribution in [0, 0.1) is 0 Å². The van der Waals surface area contributed by atoms with Gasteiger partial charge in [0.15, 0.2) is 5.15 Å². The van der Waals surface area contributed by atoms with Gasteiger partial charge in [0.2, 0.25) is 5.82 Å². The van der Waals surface area contributed by atoms with Crippen LogP contribution in [0.2, 0.25) is 5.15 Å². The SMILES string of the molecule is CCCCc1nc(Cl)c(CO)n1Cc1ccc(-c2ccccc2-c2nn[nH]n2)cc1.CO.[H-].[K+]. The topological polar surface area (TPSA) is 113 Å². The van der Waals surface area contributed by atoms with E-state index >= 15 is 0 Å². The van der Waals surface area contributed by atoms with Crippen molar-refractivity contribution in [1.82, 2.24) is 30.2 Å². The Morgan fingerprint density at radius 3 is 2.36 bits per heavy atom. The van der Waals surface area contributed by atoms with E-state index in [0.717, 1.165) is 54.5 Å². The van der Waals surface area contributed by atoms with Crippen LogP contribution in [0.15, 0.2) is 48.5 Å². The summed E-state index contributed by atoms with van der Waals surface area (Å²) < 4.78 is 2.03. The van der Waals surface area contributed by atoms with Crippen molar-refractivity contribution in [3.63, 3.8) is 0 Å². The van der Waals surface area contributed by atoms with Gasteiger partial charge in [-0.05, 0) is 28.3 Å². The van der Waals surface area contributed by atoms with Crippen molar-refractivity contribution in [2.75, 3.05) is 7.11 Å². The summed E-state index contributed by atoms with van der Waals surface area (Å²) >= 11 is 6.26. The van der Waals surface area contributed by atoms with Crippen LogP contribution in [-0.4, -0.2) is 47.5 Å². The van der Waals surface area contributed by atoms with E-state index in [9.17, 15) is 5.11 Å². The molecule has 0 aliphatic carbocycles. The molecule has 0 amide bonds. The molecule has 0 aliphatic heterocycles. The van der Waals surface area contributed by atoms with E-state index in [1.165, 1.54) is 0 Å². The number of hydrogen-bond acceptors (Lipinski definition) is 6. The Kier molecular flexibility index (Phi) is 11.9. The summed E-state index contributed by atoms with van der Waals surface area (Å²) in [6, 6.07) is 16.3. The van der Waals surface area contributed by atoms with E-state index in [1.807, 2.05) is 28.8 Å². The van der Waals surface area contributed by atoms with Crippen LogP contribution in [0.5, 0.6) is 0 Å². The third-order valence-electron chi connectivity index (χ3n) is 5.13. The number of aryl methyl sites for hydroxylation is 1.